The van der Waals surface area contributed by atoms with E-state index in [1.54, 1.807) is 17.0 Å². The van der Waals surface area contributed by atoms with Gasteiger partial charge in [-0.1, -0.05) is 6.07 Å². The number of nitrogens with zero attached hydrogens (tertiary/aromatic N) is 1. The second kappa shape index (κ2) is 5.14. The first kappa shape index (κ1) is 12.5. The number of ether oxygens (including phenoxy) is 1. The van der Waals surface area contributed by atoms with Crippen LogP contribution in [0.4, 0.5) is 4.39 Å². The van der Waals surface area contributed by atoms with E-state index >= 15 is 0 Å². The van der Waals surface area contributed by atoms with Gasteiger partial charge in [-0.05, 0) is 35.0 Å². The molecule has 92 valence electrons. The van der Waals surface area contributed by atoms with E-state index in [9.17, 15) is 9.18 Å². The fourth-order valence-electron chi connectivity index (χ4n) is 1.85. The third-order valence-electron chi connectivity index (χ3n) is 2.81. The largest absolute Gasteiger partial charge is 0.377 e. The molecule has 0 spiro atoms. The van der Waals surface area contributed by atoms with Gasteiger partial charge in [0.05, 0.1) is 29.3 Å². The molecule has 3 nitrogen and oxygen atoms in total. The first-order chi connectivity index (χ1) is 8.11. The number of morpholine rings is 1. The molecule has 0 N–H and O–H groups in total. The van der Waals surface area contributed by atoms with Crippen LogP contribution in [0.15, 0.2) is 22.7 Å². The highest BCUT2D eigenvalue weighted by atomic mass is 79.9. The Morgan fingerprint density at radius 2 is 2.35 bits per heavy atom. The minimum Gasteiger partial charge on any atom is -0.377 e. The maximum Gasteiger partial charge on any atom is 0.255 e. The van der Waals surface area contributed by atoms with Crippen molar-refractivity contribution in [3.05, 3.63) is 34.1 Å². The molecule has 1 saturated heterocycles. The zero-order valence-electron chi connectivity index (χ0n) is 9.45. The van der Waals surface area contributed by atoms with Crippen molar-refractivity contribution >= 4 is 21.8 Å². The zero-order valence-corrected chi connectivity index (χ0v) is 11.0. The van der Waals surface area contributed by atoms with Crippen LogP contribution < -0.4 is 0 Å². The maximum atomic E-state index is 13.4. The number of halogens is 2. The quantitative estimate of drug-likeness (QED) is 0.797. The number of benzene rings is 1. The van der Waals surface area contributed by atoms with Crippen LogP contribution in [-0.4, -0.2) is 36.6 Å². The lowest BCUT2D eigenvalue weighted by Gasteiger charge is -2.33. The van der Waals surface area contributed by atoms with Crippen molar-refractivity contribution < 1.29 is 13.9 Å². The van der Waals surface area contributed by atoms with Gasteiger partial charge in [-0.3, -0.25) is 4.79 Å². The first-order valence-corrected chi connectivity index (χ1v) is 6.23. The number of hydrogen-bond donors (Lipinski definition) is 0. The van der Waals surface area contributed by atoms with Crippen molar-refractivity contribution in [1.29, 1.82) is 0 Å². The van der Waals surface area contributed by atoms with E-state index in [-0.39, 0.29) is 16.4 Å². The lowest BCUT2D eigenvalue weighted by Crippen LogP contribution is -2.47. The van der Waals surface area contributed by atoms with Gasteiger partial charge < -0.3 is 9.64 Å². The van der Waals surface area contributed by atoms with Crippen molar-refractivity contribution in [3.63, 3.8) is 0 Å². The number of rotatable bonds is 1. The van der Waals surface area contributed by atoms with Crippen molar-refractivity contribution in [3.8, 4) is 0 Å². The minimum absolute atomic E-state index is 0.0198. The smallest absolute Gasteiger partial charge is 0.255 e. The molecule has 1 atom stereocenters. The first-order valence-electron chi connectivity index (χ1n) is 5.44. The van der Waals surface area contributed by atoms with Crippen LogP contribution in [0.25, 0.3) is 0 Å². The van der Waals surface area contributed by atoms with E-state index in [4.69, 9.17) is 4.74 Å². The Hall–Kier alpha value is -0.940. The van der Waals surface area contributed by atoms with Crippen LogP contribution in [0.5, 0.6) is 0 Å². The molecule has 2 rings (SSSR count). The standard InChI is InChI=1S/C12H13BrFNO2/c1-8-7-17-6-5-15(8)12(16)9-3-2-4-10(14)11(9)13/h2-4,8H,5-7H2,1H3/t8-/m1/s1. The summed E-state index contributed by atoms with van der Waals surface area (Å²) < 4.78 is 18.9. The monoisotopic (exact) mass is 301 g/mol. The molecule has 1 amide bonds. The molecule has 0 saturated carbocycles. The SMILES string of the molecule is C[C@@H]1COCCN1C(=O)c1cccc(F)c1Br. The highest BCUT2D eigenvalue weighted by molar-refractivity contribution is 9.10. The van der Waals surface area contributed by atoms with Gasteiger partial charge in [-0.25, -0.2) is 4.39 Å². The number of carbonyl (C=O) groups excluding carboxylic acids is 1. The van der Waals surface area contributed by atoms with E-state index in [2.05, 4.69) is 15.9 Å². The van der Waals surface area contributed by atoms with E-state index in [1.165, 1.54) is 6.07 Å². The summed E-state index contributed by atoms with van der Waals surface area (Å²) in [4.78, 5) is 14.0. The number of amides is 1. The summed E-state index contributed by atoms with van der Waals surface area (Å²) in [7, 11) is 0. The Kier molecular flexibility index (Phi) is 3.79. The van der Waals surface area contributed by atoms with Gasteiger partial charge in [0.2, 0.25) is 0 Å². The molecule has 1 aromatic rings. The third kappa shape index (κ3) is 2.50. The normalized spacial score (nSPS) is 20.4. The van der Waals surface area contributed by atoms with E-state index < -0.39 is 5.82 Å². The van der Waals surface area contributed by atoms with Gasteiger partial charge in [0, 0.05) is 6.54 Å². The van der Waals surface area contributed by atoms with Gasteiger partial charge in [-0.15, -0.1) is 0 Å². The molecule has 1 aromatic carbocycles. The fourth-order valence-corrected chi connectivity index (χ4v) is 2.29. The topological polar surface area (TPSA) is 29.5 Å². The summed E-state index contributed by atoms with van der Waals surface area (Å²) in [6.07, 6.45) is 0. The molecule has 17 heavy (non-hydrogen) atoms. The lowest BCUT2D eigenvalue weighted by molar-refractivity contribution is 0.00351. The Balaban J connectivity index is 2.27. The van der Waals surface area contributed by atoms with Crippen LogP contribution in [0.1, 0.15) is 17.3 Å². The molecule has 1 aliphatic heterocycles. The van der Waals surface area contributed by atoms with Gasteiger partial charge in [0.15, 0.2) is 0 Å². The molecule has 0 unspecified atom stereocenters. The number of carbonyl (C=O) groups is 1. The van der Waals surface area contributed by atoms with Crippen molar-refractivity contribution in [1.82, 2.24) is 4.90 Å². The highest BCUT2D eigenvalue weighted by Crippen LogP contribution is 2.23. The van der Waals surface area contributed by atoms with Crippen LogP contribution in [0.3, 0.4) is 0 Å². The summed E-state index contributed by atoms with van der Waals surface area (Å²) in [6.45, 7) is 3.52. The predicted octanol–water partition coefficient (Wildman–Crippen LogP) is 2.45. The minimum atomic E-state index is -0.420. The van der Waals surface area contributed by atoms with E-state index in [0.29, 0.717) is 25.3 Å². The van der Waals surface area contributed by atoms with Gasteiger partial charge >= 0.3 is 0 Å². The van der Waals surface area contributed by atoms with Crippen LogP contribution in [0, 0.1) is 5.82 Å². The summed E-state index contributed by atoms with van der Waals surface area (Å²) in [6, 6.07) is 4.51. The molecule has 0 radical (unpaired) electrons. The molecule has 0 aromatic heterocycles. The third-order valence-corrected chi connectivity index (χ3v) is 3.62. The zero-order chi connectivity index (χ0) is 12.4. The average molecular weight is 302 g/mol. The molecule has 1 fully saturated rings. The Morgan fingerprint density at radius 3 is 3.06 bits per heavy atom. The van der Waals surface area contributed by atoms with Crippen molar-refractivity contribution in [2.45, 2.75) is 13.0 Å². The molecule has 5 heteroatoms. The molecule has 0 bridgehead atoms. The Labute approximate surface area is 108 Å². The van der Waals surface area contributed by atoms with E-state index in [1.807, 2.05) is 6.92 Å². The number of hydrogen-bond acceptors (Lipinski definition) is 2. The molecule has 1 heterocycles. The average Bonchev–Trinajstić information content (AvgIpc) is 2.32. The van der Waals surface area contributed by atoms with Crippen molar-refractivity contribution in [2.75, 3.05) is 19.8 Å². The van der Waals surface area contributed by atoms with Gasteiger partial charge in [-0.2, -0.15) is 0 Å². The summed E-state index contributed by atoms with van der Waals surface area (Å²) >= 11 is 3.11. The van der Waals surface area contributed by atoms with Gasteiger partial charge in [0.25, 0.3) is 5.91 Å². The second-order valence-electron chi connectivity index (χ2n) is 4.02. The molecule has 1 aliphatic rings. The fraction of sp³-hybridized carbons (Fsp3) is 0.417. The second-order valence-corrected chi connectivity index (χ2v) is 4.82. The van der Waals surface area contributed by atoms with Crippen LogP contribution in [-0.2, 0) is 4.74 Å². The summed E-state index contributed by atoms with van der Waals surface area (Å²) in [5.41, 5.74) is 0.360. The predicted molar refractivity (Wildman–Crippen MR) is 65.4 cm³/mol. The van der Waals surface area contributed by atoms with Gasteiger partial charge in [0.1, 0.15) is 5.82 Å². The lowest BCUT2D eigenvalue weighted by atomic mass is 10.1. The summed E-state index contributed by atoms with van der Waals surface area (Å²) in [5, 5.41) is 0. The van der Waals surface area contributed by atoms with Crippen LogP contribution >= 0.6 is 15.9 Å². The molecular formula is C12H13BrFNO2. The maximum absolute atomic E-state index is 13.4. The van der Waals surface area contributed by atoms with E-state index in [0.717, 1.165) is 0 Å². The van der Waals surface area contributed by atoms with Crippen LogP contribution in [0.2, 0.25) is 0 Å². The Bertz CT molecular complexity index is 439. The van der Waals surface area contributed by atoms with Crippen molar-refractivity contribution in [2.24, 2.45) is 0 Å². The Morgan fingerprint density at radius 1 is 1.59 bits per heavy atom. The highest BCUT2D eigenvalue weighted by Gasteiger charge is 2.26. The molecular weight excluding hydrogens is 289 g/mol. The summed E-state index contributed by atoms with van der Waals surface area (Å²) in [5.74, 6) is -0.580. The molecule has 0 aliphatic carbocycles.